The summed E-state index contributed by atoms with van der Waals surface area (Å²) in [4.78, 5) is 4.25. The third kappa shape index (κ3) is 1.98. The van der Waals surface area contributed by atoms with E-state index in [1.165, 1.54) is 0 Å². The summed E-state index contributed by atoms with van der Waals surface area (Å²) in [6, 6.07) is 4.08. The van der Waals surface area contributed by atoms with Crippen molar-refractivity contribution in [3.8, 4) is 0 Å². The van der Waals surface area contributed by atoms with E-state index in [4.69, 9.17) is 17.3 Å². The summed E-state index contributed by atoms with van der Waals surface area (Å²) in [6.07, 6.45) is 2.58. The topological polar surface area (TPSA) is 43.8 Å². The molecule has 80 valence electrons. The number of fused-ring (bicyclic) bond motifs is 1. The fraction of sp³-hybridized carbons (Fsp3) is 0.364. The van der Waals surface area contributed by atoms with Gasteiger partial charge in [-0.05, 0) is 31.0 Å². The molecule has 0 spiro atoms. The third-order valence-electron chi connectivity index (χ3n) is 2.44. The molecule has 2 N–H and O–H groups in total. The van der Waals surface area contributed by atoms with Crippen molar-refractivity contribution in [3.63, 3.8) is 0 Å². The van der Waals surface area contributed by atoms with Crippen molar-refractivity contribution >= 4 is 22.6 Å². The molecule has 3 nitrogen and oxygen atoms in total. The second-order valence-corrected chi connectivity index (χ2v) is 4.38. The van der Waals surface area contributed by atoms with E-state index in [0.29, 0.717) is 0 Å². The van der Waals surface area contributed by atoms with Crippen LogP contribution in [0.3, 0.4) is 0 Å². The molecule has 2 aromatic rings. The molecular formula is C11H14ClN3. The van der Waals surface area contributed by atoms with Crippen LogP contribution in [0, 0.1) is 0 Å². The zero-order valence-corrected chi connectivity index (χ0v) is 9.62. The molecule has 1 unspecified atom stereocenters. The van der Waals surface area contributed by atoms with Crippen molar-refractivity contribution in [2.24, 2.45) is 12.8 Å². The first-order valence-corrected chi connectivity index (χ1v) is 5.30. The first-order chi connectivity index (χ1) is 7.08. The van der Waals surface area contributed by atoms with Gasteiger partial charge in [-0.2, -0.15) is 0 Å². The molecule has 1 atom stereocenters. The molecule has 4 heteroatoms. The third-order valence-corrected chi connectivity index (χ3v) is 2.79. The van der Waals surface area contributed by atoms with Gasteiger partial charge in [0.05, 0.1) is 17.4 Å². The largest absolute Gasteiger partial charge is 0.334 e. The lowest BCUT2D eigenvalue weighted by atomic mass is 10.1. The molecule has 0 aliphatic carbocycles. The van der Waals surface area contributed by atoms with Gasteiger partial charge in [-0.3, -0.25) is 0 Å². The number of aryl methyl sites for hydroxylation is 1. The highest BCUT2D eigenvalue weighted by atomic mass is 35.5. The average Bonchev–Trinajstić information content (AvgIpc) is 2.48. The quantitative estimate of drug-likeness (QED) is 0.848. The van der Waals surface area contributed by atoms with Crippen molar-refractivity contribution < 1.29 is 0 Å². The van der Waals surface area contributed by atoms with Crippen LogP contribution in [0.25, 0.3) is 11.0 Å². The molecule has 15 heavy (non-hydrogen) atoms. The van der Waals surface area contributed by atoms with E-state index < -0.39 is 0 Å². The van der Waals surface area contributed by atoms with Crippen LogP contribution in [-0.4, -0.2) is 15.6 Å². The normalized spacial score (nSPS) is 13.3. The highest BCUT2D eigenvalue weighted by molar-refractivity contribution is 6.32. The Labute approximate surface area is 93.9 Å². The SMILES string of the molecule is CC(N)Cc1cc2c(cc1Cl)ncn2C. The second-order valence-electron chi connectivity index (χ2n) is 3.97. The number of halogens is 1. The van der Waals surface area contributed by atoms with Gasteiger partial charge in [0.1, 0.15) is 0 Å². The second kappa shape index (κ2) is 3.83. The molecule has 0 aliphatic heterocycles. The molecule has 1 aromatic carbocycles. The summed E-state index contributed by atoms with van der Waals surface area (Å²) in [5.41, 5.74) is 8.87. The predicted molar refractivity (Wildman–Crippen MR) is 63.1 cm³/mol. The standard InChI is InChI=1S/C11H14ClN3/c1-7(13)3-8-4-11-10(5-9(8)12)14-6-15(11)2/h4-7H,3,13H2,1-2H3. The Morgan fingerprint density at radius 3 is 2.93 bits per heavy atom. The number of benzene rings is 1. The van der Waals surface area contributed by atoms with Gasteiger partial charge in [0.2, 0.25) is 0 Å². The first kappa shape index (κ1) is 10.5. The summed E-state index contributed by atoms with van der Waals surface area (Å²) < 4.78 is 1.98. The van der Waals surface area contributed by atoms with E-state index >= 15 is 0 Å². The Kier molecular flexibility index (Phi) is 2.67. The fourth-order valence-electron chi connectivity index (χ4n) is 1.69. The van der Waals surface area contributed by atoms with Crippen molar-refractivity contribution in [2.75, 3.05) is 0 Å². The maximum atomic E-state index is 6.15. The summed E-state index contributed by atoms with van der Waals surface area (Å²) in [5, 5.41) is 0.749. The van der Waals surface area contributed by atoms with Gasteiger partial charge in [-0.15, -0.1) is 0 Å². The van der Waals surface area contributed by atoms with Gasteiger partial charge in [0, 0.05) is 18.1 Å². The van der Waals surface area contributed by atoms with Crippen LogP contribution in [0.5, 0.6) is 0 Å². The van der Waals surface area contributed by atoms with Crippen LogP contribution in [0.15, 0.2) is 18.5 Å². The van der Waals surface area contributed by atoms with Crippen LogP contribution in [-0.2, 0) is 13.5 Å². The number of nitrogens with zero attached hydrogens (tertiary/aromatic N) is 2. The predicted octanol–water partition coefficient (Wildman–Crippen LogP) is 2.12. The zero-order valence-electron chi connectivity index (χ0n) is 8.87. The Morgan fingerprint density at radius 2 is 2.27 bits per heavy atom. The van der Waals surface area contributed by atoms with Crippen molar-refractivity contribution in [2.45, 2.75) is 19.4 Å². The van der Waals surface area contributed by atoms with Crippen LogP contribution >= 0.6 is 11.6 Å². The minimum Gasteiger partial charge on any atom is -0.334 e. The molecule has 0 aliphatic rings. The number of hydrogen-bond donors (Lipinski definition) is 1. The number of imidazole rings is 1. The lowest BCUT2D eigenvalue weighted by Crippen LogP contribution is -2.18. The minimum absolute atomic E-state index is 0.119. The molecule has 0 fully saturated rings. The Balaban J connectivity index is 2.54. The van der Waals surface area contributed by atoms with Gasteiger partial charge in [-0.25, -0.2) is 4.98 Å². The number of aromatic nitrogens is 2. The van der Waals surface area contributed by atoms with Gasteiger partial charge in [0.25, 0.3) is 0 Å². The first-order valence-electron chi connectivity index (χ1n) is 4.93. The molecule has 0 radical (unpaired) electrons. The van der Waals surface area contributed by atoms with E-state index in [-0.39, 0.29) is 6.04 Å². The molecular weight excluding hydrogens is 210 g/mol. The maximum absolute atomic E-state index is 6.15. The van der Waals surface area contributed by atoms with Crippen LogP contribution < -0.4 is 5.73 Å². The molecule has 1 heterocycles. The van der Waals surface area contributed by atoms with E-state index in [2.05, 4.69) is 11.1 Å². The molecule has 2 rings (SSSR count). The highest BCUT2D eigenvalue weighted by Crippen LogP contribution is 2.23. The van der Waals surface area contributed by atoms with E-state index in [0.717, 1.165) is 28.0 Å². The summed E-state index contributed by atoms with van der Waals surface area (Å²) in [7, 11) is 1.97. The number of rotatable bonds is 2. The smallest absolute Gasteiger partial charge is 0.0955 e. The van der Waals surface area contributed by atoms with Crippen LogP contribution in [0.2, 0.25) is 5.02 Å². The zero-order chi connectivity index (χ0) is 11.0. The van der Waals surface area contributed by atoms with E-state index in [1.807, 2.05) is 24.6 Å². The van der Waals surface area contributed by atoms with E-state index in [9.17, 15) is 0 Å². The molecule has 0 amide bonds. The average molecular weight is 224 g/mol. The highest BCUT2D eigenvalue weighted by Gasteiger charge is 2.08. The van der Waals surface area contributed by atoms with Crippen molar-refractivity contribution in [3.05, 3.63) is 29.0 Å². The van der Waals surface area contributed by atoms with Crippen molar-refractivity contribution in [1.82, 2.24) is 9.55 Å². The lowest BCUT2D eigenvalue weighted by molar-refractivity contribution is 0.738. The molecule has 0 bridgehead atoms. The number of nitrogens with two attached hydrogens (primary N) is 1. The summed E-state index contributed by atoms with van der Waals surface area (Å²) in [5.74, 6) is 0. The Bertz CT molecular complexity index is 488. The fourth-order valence-corrected chi connectivity index (χ4v) is 1.93. The molecule has 0 saturated heterocycles. The van der Waals surface area contributed by atoms with Crippen molar-refractivity contribution in [1.29, 1.82) is 0 Å². The number of hydrogen-bond acceptors (Lipinski definition) is 2. The monoisotopic (exact) mass is 223 g/mol. The van der Waals surface area contributed by atoms with Crippen LogP contribution in [0.4, 0.5) is 0 Å². The molecule has 0 saturated carbocycles. The molecule has 1 aromatic heterocycles. The Hall–Kier alpha value is -1.06. The van der Waals surface area contributed by atoms with E-state index in [1.54, 1.807) is 6.33 Å². The van der Waals surface area contributed by atoms with Gasteiger partial charge in [0.15, 0.2) is 0 Å². The Morgan fingerprint density at radius 1 is 1.53 bits per heavy atom. The lowest BCUT2D eigenvalue weighted by Gasteiger charge is -2.08. The van der Waals surface area contributed by atoms with Gasteiger partial charge in [-0.1, -0.05) is 11.6 Å². The van der Waals surface area contributed by atoms with Crippen LogP contribution in [0.1, 0.15) is 12.5 Å². The van der Waals surface area contributed by atoms with Gasteiger partial charge >= 0.3 is 0 Å². The maximum Gasteiger partial charge on any atom is 0.0955 e. The minimum atomic E-state index is 0.119. The summed E-state index contributed by atoms with van der Waals surface area (Å²) in [6.45, 7) is 1.98. The summed E-state index contributed by atoms with van der Waals surface area (Å²) >= 11 is 6.15. The van der Waals surface area contributed by atoms with Gasteiger partial charge < -0.3 is 10.3 Å².